The third-order valence-electron chi connectivity index (χ3n) is 8.73. The molecular weight excluding hydrogens is 494 g/mol. The summed E-state index contributed by atoms with van der Waals surface area (Å²) < 4.78 is 2.51. The monoisotopic (exact) mass is 519 g/mol. The molecule has 41 heavy (non-hydrogen) atoms. The Labute approximate surface area is 237 Å². The summed E-state index contributed by atoms with van der Waals surface area (Å²) in [7, 11) is 0. The van der Waals surface area contributed by atoms with Crippen molar-refractivity contribution in [3.8, 4) is 16.8 Å². The molecule has 8 aromatic carbocycles. The molecule has 0 aliphatic carbocycles. The summed E-state index contributed by atoms with van der Waals surface area (Å²) in [5, 5.41) is 12.9. The lowest BCUT2D eigenvalue weighted by atomic mass is 9.93. The number of fused-ring (bicyclic) bond motifs is 11. The van der Waals surface area contributed by atoms with Gasteiger partial charge in [-0.2, -0.15) is 0 Å². The first-order chi connectivity index (χ1) is 20.4. The first kappa shape index (κ1) is 22.4. The number of benzene rings is 8. The van der Waals surface area contributed by atoms with Gasteiger partial charge in [0.25, 0.3) is 0 Å². The second kappa shape index (κ2) is 8.55. The van der Waals surface area contributed by atoms with Gasteiger partial charge in [0, 0.05) is 21.7 Å². The first-order valence-corrected chi connectivity index (χ1v) is 14.2. The highest BCUT2D eigenvalue weighted by Gasteiger charge is 2.21. The van der Waals surface area contributed by atoms with Crippen LogP contribution < -0.4 is 0 Å². The van der Waals surface area contributed by atoms with Gasteiger partial charge in [-0.15, -0.1) is 0 Å². The topological polar surface area (TPSA) is 4.93 Å². The molecule has 0 saturated carbocycles. The van der Waals surface area contributed by atoms with Crippen molar-refractivity contribution in [1.29, 1.82) is 0 Å². The van der Waals surface area contributed by atoms with Gasteiger partial charge in [0.15, 0.2) is 0 Å². The Hall–Kier alpha value is -5.40. The second-order valence-electron chi connectivity index (χ2n) is 10.9. The van der Waals surface area contributed by atoms with Crippen LogP contribution in [0.15, 0.2) is 152 Å². The summed E-state index contributed by atoms with van der Waals surface area (Å²) in [6, 6.07) is 55.5. The Bertz CT molecular complexity index is 2480. The number of aromatic nitrogens is 1. The number of nitrogens with zero attached hydrogens (tertiary/aromatic N) is 1. The normalized spacial score (nSPS) is 11.9. The van der Waals surface area contributed by atoms with Gasteiger partial charge < -0.3 is 4.57 Å². The minimum atomic E-state index is 1.19. The number of para-hydroxylation sites is 2. The van der Waals surface area contributed by atoms with E-state index in [1.807, 2.05) is 0 Å². The van der Waals surface area contributed by atoms with E-state index >= 15 is 0 Å². The lowest BCUT2D eigenvalue weighted by Crippen LogP contribution is -1.98. The van der Waals surface area contributed by atoms with Gasteiger partial charge in [0.1, 0.15) is 0 Å². The number of hydrogen-bond acceptors (Lipinski definition) is 0. The predicted molar refractivity (Wildman–Crippen MR) is 176 cm³/mol. The average molecular weight is 520 g/mol. The number of rotatable bonds is 2. The molecule has 1 heteroatoms. The molecule has 0 amide bonds. The zero-order valence-electron chi connectivity index (χ0n) is 22.4. The highest BCUT2D eigenvalue weighted by molar-refractivity contribution is 6.36. The Morgan fingerprint density at radius 1 is 0.366 bits per heavy atom. The van der Waals surface area contributed by atoms with E-state index in [0.717, 1.165) is 0 Å². The van der Waals surface area contributed by atoms with Crippen LogP contribution in [0.4, 0.5) is 0 Å². The summed E-state index contributed by atoms with van der Waals surface area (Å²) >= 11 is 0. The fourth-order valence-corrected chi connectivity index (χ4v) is 6.97. The molecule has 0 atom stereocenters. The van der Waals surface area contributed by atoms with Gasteiger partial charge in [-0.1, -0.05) is 133 Å². The average Bonchev–Trinajstić information content (AvgIpc) is 3.40. The molecule has 0 radical (unpaired) electrons. The lowest BCUT2D eigenvalue weighted by Gasteiger charge is -2.17. The minimum Gasteiger partial charge on any atom is -0.308 e. The third kappa shape index (κ3) is 3.18. The van der Waals surface area contributed by atoms with Crippen LogP contribution in [-0.4, -0.2) is 4.57 Å². The van der Waals surface area contributed by atoms with Crippen molar-refractivity contribution < 1.29 is 0 Å². The molecule has 0 aliphatic rings. The predicted octanol–water partition coefficient (Wildman–Crippen LogP) is 11.1. The molecule has 0 bridgehead atoms. The molecule has 0 unspecified atom stereocenters. The molecule has 1 heterocycles. The fraction of sp³-hybridized carbons (Fsp3) is 0. The van der Waals surface area contributed by atoms with Crippen molar-refractivity contribution in [3.63, 3.8) is 0 Å². The molecule has 1 nitrogen and oxygen atoms in total. The molecule has 0 saturated heterocycles. The highest BCUT2D eigenvalue weighted by atomic mass is 15.0. The Kier molecular flexibility index (Phi) is 4.67. The maximum absolute atomic E-state index is 2.51. The molecule has 9 rings (SSSR count). The summed E-state index contributed by atoms with van der Waals surface area (Å²) in [4.78, 5) is 0. The van der Waals surface area contributed by atoms with Crippen molar-refractivity contribution in [3.05, 3.63) is 152 Å². The van der Waals surface area contributed by atoms with E-state index in [1.54, 1.807) is 0 Å². The van der Waals surface area contributed by atoms with Gasteiger partial charge in [0.2, 0.25) is 0 Å². The number of hydrogen-bond donors (Lipinski definition) is 0. The molecule has 1 aromatic heterocycles. The minimum absolute atomic E-state index is 1.19. The van der Waals surface area contributed by atoms with E-state index in [0.29, 0.717) is 0 Å². The van der Waals surface area contributed by atoms with Crippen LogP contribution in [0.25, 0.3) is 81.7 Å². The largest absolute Gasteiger partial charge is 0.308 e. The van der Waals surface area contributed by atoms with Crippen molar-refractivity contribution in [2.75, 3.05) is 0 Å². The Morgan fingerprint density at radius 3 is 1.83 bits per heavy atom. The van der Waals surface area contributed by atoms with Crippen molar-refractivity contribution in [2.45, 2.75) is 0 Å². The van der Waals surface area contributed by atoms with Gasteiger partial charge in [-0.25, -0.2) is 0 Å². The molecule has 0 N–H and O–H groups in total. The summed E-state index contributed by atoms with van der Waals surface area (Å²) in [5.74, 6) is 0. The maximum atomic E-state index is 2.51. The van der Waals surface area contributed by atoms with Crippen LogP contribution in [0.3, 0.4) is 0 Å². The standard InChI is InChI=1S/C40H25N/c1-2-13-28-25-29(22-21-26(28)11-1)30-14-7-9-19-36(30)41-37-20-10-8-18-34(37)39-33-17-6-5-16-32(33)38-31-15-4-3-12-27(31)23-24-35(38)40(39)41/h1-25H. The summed E-state index contributed by atoms with van der Waals surface area (Å²) in [6.45, 7) is 0. The SMILES string of the molecule is c1ccc(-n2c3ccccc3c3c4ccccc4c4c5ccccc5ccc4c32)c(-c2ccc3ccccc3c2)c1. The van der Waals surface area contributed by atoms with E-state index < -0.39 is 0 Å². The van der Waals surface area contributed by atoms with Crippen molar-refractivity contribution in [1.82, 2.24) is 4.57 Å². The molecule has 190 valence electrons. The van der Waals surface area contributed by atoms with Gasteiger partial charge in [-0.3, -0.25) is 0 Å². The van der Waals surface area contributed by atoms with Gasteiger partial charge >= 0.3 is 0 Å². The smallest absolute Gasteiger partial charge is 0.0626 e. The lowest BCUT2D eigenvalue weighted by molar-refractivity contribution is 1.19. The van der Waals surface area contributed by atoms with Crippen LogP contribution in [0, 0.1) is 0 Å². The van der Waals surface area contributed by atoms with E-state index in [2.05, 4.69) is 156 Å². The fourth-order valence-electron chi connectivity index (χ4n) is 6.97. The molecule has 0 aliphatic heterocycles. The van der Waals surface area contributed by atoms with Crippen LogP contribution in [-0.2, 0) is 0 Å². The van der Waals surface area contributed by atoms with E-state index in [1.165, 1.54) is 81.7 Å². The summed E-state index contributed by atoms with van der Waals surface area (Å²) in [5.41, 5.74) is 6.13. The molecule has 0 fully saturated rings. The molecule has 9 aromatic rings. The quantitative estimate of drug-likeness (QED) is 0.200. The molecular formula is C40H25N. The zero-order valence-corrected chi connectivity index (χ0v) is 22.4. The van der Waals surface area contributed by atoms with Crippen LogP contribution >= 0.6 is 0 Å². The second-order valence-corrected chi connectivity index (χ2v) is 10.9. The van der Waals surface area contributed by atoms with Crippen molar-refractivity contribution in [2.24, 2.45) is 0 Å². The van der Waals surface area contributed by atoms with E-state index in [9.17, 15) is 0 Å². The van der Waals surface area contributed by atoms with Crippen molar-refractivity contribution >= 4 is 64.9 Å². The van der Waals surface area contributed by atoms with Gasteiger partial charge in [0.05, 0.1) is 16.7 Å². The van der Waals surface area contributed by atoms with Gasteiger partial charge in [-0.05, 0) is 61.5 Å². The summed E-state index contributed by atoms with van der Waals surface area (Å²) in [6.07, 6.45) is 0. The third-order valence-corrected chi connectivity index (χ3v) is 8.73. The van der Waals surface area contributed by atoms with E-state index in [-0.39, 0.29) is 0 Å². The van der Waals surface area contributed by atoms with Crippen LogP contribution in [0.1, 0.15) is 0 Å². The van der Waals surface area contributed by atoms with E-state index in [4.69, 9.17) is 0 Å². The first-order valence-electron chi connectivity index (χ1n) is 14.2. The maximum Gasteiger partial charge on any atom is 0.0626 e. The van der Waals surface area contributed by atoms with Crippen LogP contribution in [0.5, 0.6) is 0 Å². The molecule has 0 spiro atoms. The zero-order chi connectivity index (χ0) is 26.9. The Balaban J connectivity index is 1.50. The highest BCUT2D eigenvalue weighted by Crippen LogP contribution is 2.45. The van der Waals surface area contributed by atoms with Crippen LogP contribution in [0.2, 0.25) is 0 Å². The Morgan fingerprint density at radius 2 is 0.976 bits per heavy atom.